The Bertz CT molecular complexity index is 288. The Morgan fingerprint density at radius 3 is 2.47 bits per heavy atom. The molecule has 0 saturated heterocycles. The van der Waals surface area contributed by atoms with Gasteiger partial charge < -0.3 is 10.5 Å². The number of thiophene rings is 1. The van der Waals surface area contributed by atoms with Crippen molar-refractivity contribution >= 4 is 11.3 Å². The molecular formula is C12H21NOS. The van der Waals surface area contributed by atoms with Gasteiger partial charge in [-0.3, -0.25) is 0 Å². The summed E-state index contributed by atoms with van der Waals surface area (Å²) >= 11 is 1.74. The molecule has 0 amide bonds. The van der Waals surface area contributed by atoms with Gasteiger partial charge in [-0.2, -0.15) is 0 Å². The van der Waals surface area contributed by atoms with Crippen LogP contribution in [-0.2, 0) is 17.9 Å². The summed E-state index contributed by atoms with van der Waals surface area (Å²) < 4.78 is 5.62. The van der Waals surface area contributed by atoms with Gasteiger partial charge in [-0.05, 0) is 24.0 Å². The van der Waals surface area contributed by atoms with Crippen molar-refractivity contribution < 1.29 is 4.74 Å². The third kappa shape index (κ3) is 5.30. The summed E-state index contributed by atoms with van der Waals surface area (Å²) in [5.41, 5.74) is 5.90. The first kappa shape index (κ1) is 12.7. The summed E-state index contributed by atoms with van der Waals surface area (Å²) in [6.45, 7) is 8.88. The lowest BCUT2D eigenvalue weighted by Gasteiger charge is -2.17. The van der Waals surface area contributed by atoms with Crippen LogP contribution in [0, 0.1) is 5.41 Å². The number of nitrogens with two attached hydrogens (primary N) is 1. The number of hydrogen-bond acceptors (Lipinski definition) is 3. The fourth-order valence-corrected chi connectivity index (χ4v) is 2.00. The highest BCUT2D eigenvalue weighted by atomic mass is 32.1. The van der Waals surface area contributed by atoms with E-state index in [1.54, 1.807) is 11.3 Å². The Labute approximate surface area is 96.4 Å². The van der Waals surface area contributed by atoms with Crippen LogP contribution in [0.4, 0.5) is 0 Å². The standard InChI is InChI=1S/C12H21NOS/c1-12(2,3)6-7-14-9-11-5-4-10(8-13)15-11/h4-5H,6-9,13H2,1-3H3. The molecule has 1 heterocycles. The topological polar surface area (TPSA) is 35.2 Å². The highest BCUT2D eigenvalue weighted by Crippen LogP contribution is 2.20. The van der Waals surface area contributed by atoms with Crippen LogP contribution >= 0.6 is 11.3 Å². The summed E-state index contributed by atoms with van der Waals surface area (Å²) in [4.78, 5) is 2.49. The van der Waals surface area contributed by atoms with Crippen molar-refractivity contribution in [2.75, 3.05) is 6.61 Å². The minimum Gasteiger partial charge on any atom is -0.376 e. The third-order valence-corrected chi connectivity index (χ3v) is 3.24. The van der Waals surface area contributed by atoms with Gasteiger partial charge in [0.25, 0.3) is 0 Å². The summed E-state index contributed by atoms with van der Waals surface area (Å²) in [7, 11) is 0. The summed E-state index contributed by atoms with van der Waals surface area (Å²) in [6, 6.07) is 4.18. The first-order valence-corrected chi connectivity index (χ1v) is 6.18. The van der Waals surface area contributed by atoms with Gasteiger partial charge in [-0.15, -0.1) is 11.3 Å². The zero-order chi connectivity index (χ0) is 11.3. The van der Waals surface area contributed by atoms with Crippen LogP contribution in [-0.4, -0.2) is 6.61 Å². The monoisotopic (exact) mass is 227 g/mol. The quantitative estimate of drug-likeness (QED) is 0.784. The molecule has 0 aliphatic heterocycles. The molecule has 0 atom stereocenters. The van der Waals surface area contributed by atoms with E-state index in [0.717, 1.165) is 19.6 Å². The van der Waals surface area contributed by atoms with Crippen LogP contribution < -0.4 is 5.73 Å². The fourth-order valence-electron chi connectivity index (χ4n) is 1.16. The van der Waals surface area contributed by atoms with E-state index in [2.05, 4.69) is 32.9 Å². The van der Waals surface area contributed by atoms with Gasteiger partial charge in [0, 0.05) is 22.9 Å². The highest BCUT2D eigenvalue weighted by Gasteiger charge is 2.09. The van der Waals surface area contributed by atoms with E-state index >= 15 is 0 Å². The van der Waals surface area contributed by atoms with Gasteiger partial charge in [0.15, 0.2) is 0 Å². The number of rotatable bonds is 5. The zero-order valence-electron chi connectivity index (χ0n) is 9.88. The van der Waals surface area contributed by atoms with Crippen LogP contribution in [0.5, 0.6) is 0 Å². The molecule has 1 aromatic rings. The molecule has 0 aromatic carbocycles. The van der Waals surface area contributed by atoms with E-state index in [4.69, 9.17) is 10.5 Å². The van der Waals surface area contributed by atoms with Crippen molar-refractivity contribution in [1.82, 2.24) is 0 Å². The maximum absolute atomic E-state index is 5.62. The second-order valence-corrected chi connectivity index (χ2v) is 6.19. The van der Waals surface area contributed by atoms with Crippen LogP contribution in [0.15, 0.2) is 12.1 Å². The summed E-state index contributed by atoms with van der Waals surface area (Å²) in [5, 5.41) is 0. The first-order valence-electron chi connectivity index (χ1n) is 5.37. The summed E-state index contributed by atoms with van der Waals surface area (Å²) in [5.74, 6) is 0. The van der Waals surface area contributed by atoms with Crippen molar-refractivity contribution in [2.45, 2.75) is 40.3 Å². The predicted molar refractivity (Wildman–Crippen MR) is 65.9 cm³/mol. The molecule has 1 aromatic heterocycles. The molecule has 0 saturated carbocycles. The molecular weight excluding hydrogens is 206 g/mol. The van der Waals surface area contributed by atoms with Gasteiger partial charge >= 0.3 is 0 Å². The SMILES string of the molecule is CC(C)(C)CCOCc1ccc(CN)s1. The lowest BCUT2D eigenvalue weighted by atomic mass is 9.93. The molecule has 1 rings (SSSR count). The van der Waals surface area contributed by atoms with Gasteiger partial charge in [0.2, 0.25) is 0 Å². The van der Waals surface area contributed by atoms with E-state index in [-0.39, 0.29) is 0 Å². The normalized spacial score (nSPS) is 12.0. The Morgan fingerprint density at radius 1 is 1.27 bits per heavy atom. The van der Waals surface area contributed by atoms with Crippen molar-refractivity contribution in [3.63, 3.8) is 0 Å². The molecule has 15 heavy (non-hydrogen) atoms. The van der Waals surface area contributed by atoms with E-state index in [0.29, 0.717) is 12.0 Å². The van der Waals surface area contributed by atoms with Crippen LogP contribution in [0.2, 0.25) is 0 Å². The largest absolute Gasteiger partial charge is 0.376 e. The molecule has 86 valence electrons. The lowest BCUT2D eigenvalue weighted by molar-refractivity contribution is 0.0980. The average molecular weight is 227 g/mol. The molecule has 0 bridgehead atoms. The Balaban J connectivity index is 2.20. The van der Waals surface area contributed by atoms with Crippen molar-refractivity contribution in [2.24, 2.45) is 11.1 Å². The molecule has 0 aliphatic carbocycles. The van der Waals surface area contributed by atoms with Crippen molar-refractivity contribution in [3.05, 3.63) is 21.9 Å². The predicted octanol–water partition coefficient (Wildman–Crippen LogP) is 3.16. The smallest absolute Gasteiger partial charge is 0.0809 e. The van der Waals surface area contributed by atoms with E-state index in [9.17, 15) is 0 Å². The van der Waals surface area contributed by atoms with E-state index in [1.165, 1.54) is 9.75 Å². The molecule has 0 aliphatic rings. The number of ether oxygens (including phenoxy) is 1. The second kappa shape index (κ2) is 5.64. The van der Waals surface area contributed by atoms with E-state index < -0.39 is 0 Å². The molecule has 0 radical (unpaired) electrons. The molecule has 2 nitrogen and oxygen atoms in total. The van der Waals surface area contributed by atoms with Crippen molar-refractivity contribution in [3.8, 4) is 0 Å². The second-order valence-electron chi connectivity index (χ2n) is 4.94. The zero-order valence-corrected chi connectivity index (χ0v) is 10.7. The first-order chi connectivity index (χ1) is 7.01. The van der Waals surface area contributed by atoms with Crippen molar-refractivity contribution in [1.29, 1.82) is 0 Å². The van der Waals surface area contributed by atoms with Gasteiger partial charge in [0.1, 0.15) is 0 Å². The summed E-state index contributed by atoms with van der Waals surface area (Å²) in [6.07, 6.45) is 1.10. The minimum atomic E-state index is 0.359. The molecule has 3 heteroatoms. The third-order valence-electron chi connectivity index (χ3n) is 2.16. The Hall–Kier alpha value is -0.380. The average Bonchev–Trinajstić information content (AvgIpc) is 2.59. The maximum Gasteiger partial charge on any atom is 0.0809 e. The Kier molecular flexibility index (Phi) is 4.77. The van der Waals surface area contributed by atoms with Crippen LogP contribution in [0.1, 0.15) is 36.9 Å². The fraction of sp³-hybridized carbons (Fsp3) is 0.667. The maximum atomic E-state index is 5.62. The molecule has 0 unspecified atom stereocenters. The molecule has 0 spiro atoms. The molecule has 0 fully saturated rings. The molecule has 2 N–H and O–H groups in total. The van der Waals surface area contributed by atoms with Gasteiger partial charge in [-0.25, -0.2) is 0 Å². The van der Waals surface area contributed by atoms with Crippen LogP contribution in [0.25, 0.3) is 0 Å². The number of hydrogen-bond donors (Lipinski definition) is 1. The van der Waals surface area contributed by atoms with Gasteiger partial charge in [-0.1, -0.05) is 20.8 Å². The van der Waals surface area contributed by atoms with E-state index in [1.807, 2.05) is 0 Å². The van der Waals surface area contributed by atoms with Gasteiger partial charge in [0.05, 0.1) is 6.61 Å². The minimum absolute atomic E-state index is 0.359. The Morgan fingerprint density at radius 2 is 1.93 bits per heavy atom. The highest BCUT2D eigenvalue weighted by molar-refractivity contribution is 7.11. The van der Waals surface area contributed by atoms with Crippen LogP contribution in [0.3, 0.4) is 0 Å². The lowest BCUT2D eigenvalue weighted by Crippen LogP contribution is -2.09.